The van der Waals surface area contributed by atoms with Gasteiger partial charge in [-0.3, -0.25) is 0 Å². The topological polar surface area (TPSA) is 71.9 Å². The molecule has 0 saturated heterocycles. The van der Waals surface area contributed by atoms with Gasteiger partial charge < -0.3 is 39.3 Å². The van der Waals surface area contributed by atoms with E-state index in [1.54, 1.807) is 38.5 Å². The van der Waals surface area contributed by atoms with Crippen LogP contribution in [0.2, 0.25) is 0 Å². The van der Waals surface area contributed by atoms with Crippen molar-refractivity contribution >= 4 is 68.2 Å². The van der Waals surface area contributed by atoms with E-state index >= 15 is 0 Å². The van der Waals surface area contributed by atoms with E-state index in [2.05, 4.69) is 384 Å². The van der Waals surface area contributed by atoms with Crippen LogP contribution in [0.5, 0.6) is 23.0 Å². The van der Waals surface area contributed by atoms with Gasteiger partial charge in [0.15, 0.2) is 0 Å². The molecule has 8 nitrogen and oxygen atoms in total. The number of para-hydroxylation sites is 8. The summed E-state index contributed by atoms with van der Waals surface area (Å²) in [5, 5.41) is 20.7. The molecule has 0 radical (unpaired) electrons. The first kappa shape index (κ1) is 70.9. The van der Waals surface area contributed by atoms with E-state index in [0.717, 1.165) is 104 Å². The van der Waals surface area contributed by atoms with Crippen LogP contribution in [0.4, 0.5) is 68.2 Å². The Hall–Kier alpha value is -14.1. The van der Waals surface area contributed by atoms with Crippen LogP contribution in [0, 0.1) is 0 Å². The molecule has 8 heteroatoms. The van der Waals surface area contributed by atoms with Gasteiger partial charge in [-0.15, -0.1) is 0 Å². The van der Waals surface area contributed by atoms with Crippen LogP contribution in [-0.4, -0.2) is 24.4 Å². The minimum atomic E-state index is -0.525. The highest BCUT2D eigenvalue weighted by atomic mass is 16.5. The summed E-state index contributed by atoms with van der Waals surface area (Å²) >= 11 is 0. The van der Waals surface area contributed by atoms with Crippen molar-refractivity contribution in [1.82, 2.24) is 0 Å². The van der Waals surface area contributed by atoms with Crippen LogP contribution in [0.3, 0.4) is 0 Å². The average Bonchev–Trinajstić information content (AvgIpc) is 1.55. The Bertz CT molecular complexity index is 5320. The normalized spacial score (nSPS) is 12.4. The molecule has 0 heterocycles. The molecule has 112 heavy (non-hydrogen) atoms. The Kier molecular flexibility index (Phi) is 20.0. The standard InChI is InChI=1S/C53H44N2O2.C51H40N2O2/c1-56-47-29-23-39(24-30-47)37-53(38-40-25-31-48(57-2)32-26-40)51-35-45(54(41-15-7-3-8-16-41)42-17-9-4-10-18-42)27-33-49(51)50-34-28-46(36-52(50)53)55(43-19-11-5-12-20-43)44-21-13-6-14-22-44;54-45-27-21-37(22-28-45)35-51(36-38-23-29-46(55)30-24-38)49-33-43(52(39-13-5-1-6-14-39)40-15-7-2-8-16-40)25-31-47(49)48-32-26-44(34-50(48)51)53(41-17-9-3-10-18-41)42-19-11-4-12-20-42/h3-36H,37-38H2,1-2H3;1-34,54-55H,35-36H2. The number of hydrogen-bond acceptors (Lipinski definition) is 8. The number of hydrogen-bond donors (Lipinski definition) is 2. The predicted octanol–water partition coefficient (Wildman–Crippen LogP) is 26.2. The summed E-state index contributed by atoms with van der Waals surface area (Å²) in [7, 11) is 3.45. The van der Waals surface area contributed by atoms with E-state index in [0.29, 0.717) is 12.8 Å². The average molecular weight is 1450 g/mol. The maximum atomic E-state index is 10.4. The lowest BCUT2D eigenvalue weighted by Crippen LogP contribution is -2.31. The fourth-order valence-corrected chi connectivity index (χ4v) is 16.9. The molecule has 0 atom stereocenters. The summed E-state index contributed by atoms with van der Waals surface area (Å²) in [6.45, 7) is 0. The Morgan fingerprint density at radius 2 is 0.384 bits per heavy atom. The van der Waals surface area contributed by atoms with Crippen LogP contribution in [0.1, 0.15) is 44.5 Å². The fraction of sp³-hybridized carbons (Fsp3) is 0.0769. The van der Waals surface area contributed by atoms with E-state index in [1.807, 2.05) is 24.3 Å². The first-order valence-electron chi connectivity index (χ1n) is 38.2. The van der Waals surface area contributed by atoms with E-state index in [9.17, 15) is 10.2 Å². The van der Waals surface area contributed by atoms with Crippen molar-refractivity contribution in [1.29, 1.82) is 0 Å². The lowest BCUT2D eigenvalue weighted by molar-refractivity contribution is 0.414. The quantitative estimate of drug-likeness (QED) is 0.0696. The zero-order valence-corrected chi connectivity index (χ0v) is 62.6. The van der Waals surface area contributed by atoms with Crippen LogP contribution in [-0.2, 0) is 36.5 Å². The number of nitrogens with zero attached hydrogens (tertiary/aromatic N) is 4. The molecule has 544 valence electrons. The van der Waals surface area contributed by atoms with Gasteiger partial charge in [-0.1, -0.05) is 218 Å². The molecule has 0 unspecified atom stereocenters. The van der Waals surface area contributed by atoms with Crippen molar-refractivity contribution < 1.29 is 19.7 Å². The number of phenols is 2. The summed E-state index contributed by atoms with van der Waals surface area (Å²) in [5.41, 5.74) is 26.9. The summed E-state index contributed by atoms with van der Waals surface area (Å²) < 4.78 is 11.2. The van der Waals surface area contributed by atoms with Gasteiger partial charge in [-0.2, -0.15) is 0 Å². The maximum absolute atomic E-state index is 10.4. The van der Waals surface area contributed by atoms with Gasteiger partial charge in [-0.25, -0.2) is 0 Å². The molecule has 0 spiro atoms. The SMILES string of the molecule is COc1ccc(CC2(Cc3ccc(OC)cc3)c3cc(N(c4ccccc4)c4ccccc4)ccc3-c3ccc(N(c4ccccc4)c4ccccc4)cc32)cc1.Oc1ccc(CC2(Cc3ccc(O)cc3)c3cc(N(c4ccccc4)c4ccccc4)ccc3-c3ccc(N(c4ccccc4)c4ccccc4)cc32)cc1. The molecule has 16 aromatic rings. The molecule has 0 saturated carbocycles. The molecule has 0 amide bonds. The Balaban J connectivity index is 0.000000163. The van der Waals surface area contributed by atoms with Gasteiger partial charge in [-0.05, 0) is 287 Å². The van der Waals surface area contributed by atoms with Gasteiger partial charge in [0.2, 0.25) is 0 Å². The number of aromatic hydroxyl groups is 2. The lowest BCUT2D eigenvalue weighted by atomic mass is 9.69. The highest BCUT2D eigenvalue weighted by Crippen LogP contribution is 2.58. The number of phenolic OH excluding ortho intramolecular Hbond substituents is 2. The second-order valence-electron chi connectivity index (χ2n) is 28.8. The maximum Gasteiger partial charge on any atom is 0.118 e. The van der Waals surface area contributed by atoms with Crippen molar-refractivity contribution in [3.8, 4) is 45.3 Å². The second-order valence-corrected chi connectivity index (χ2v) is 28.8. The van der Waals surface area contributed by atoms with Crippen LogP contribution < -0.4 is 29.1 Å². The van der Waals surface area contributed by atoms with Crippen molar-refractivity contribution in [3.63, 3.8) is 0 Å². The van der Waals surface area contributed by atoms with Crippen molar-refractivity contribution in [2.75, 3.05) is 33.8 Å². The van der Waals surface area contributed by atoms with Crippen molar-refractivity contribution in [2.24, 2.45) is 0 Å². The number of benzene rings is 16. The first-order valence-corrected chi connectivity index (χ1v) is 38.2. The van der Waals surface area contributed by atoms with E-state index in [-0.39, 0.29) is 11.5 Å². The summed E-state index contributed by atoms with van der Waals surface area (Å²) in [5.74, 6) is 2.19. The minimum absolute atomic E-state index is 0.246. The molecule has 2 aliphatic carbocycles. The van der Waals surface area contributed by atoms with Gasteiger partial charge in [0.05, 0.1) is 14.2 Å². The number of rotatable bonds is 22. The molecule has 0 bridgehead atoms. The zero-order chi connectivity index (χ0) is 75.8. The van der Waals surface area contributed by atoms with Crippen LogP contribution in [0.15, 0.2) is 413 Å². The first-order chi connectivity index (χ1) is 55.2. The van der Waals surface area contributed by atoms with Crippen LogP contribution >= 0.6 is 0 Å². The third-order valence-electron chi connectivity index (χ3n) is 22.0. The van der Waals surface area contributed by atoms with Gasteiger partial charge in [0.25, 0.3) is 0 Å². The van der Waals surface area contributed by atoms with Crippen molar-refractivity contribution in [2.45, 2.75) is 36.5 Å². The molecular formula is C104H84N4O4. The van der Waals surface area contributed by atoms with Gasteiger partial charge >= 0.3 is 0 Å². The highest BCUT2D eigenvalue weighted by molar-refractivity contribution is 5.92. The smallest absolute Gasteiger partial charge is 0.118 e. The molecule has 0 aromatic heterocycles. The number of ether oxygens (including phenoxy) is 2. The monoisotopic (exact) mass is 1450 g/mol. The summed E-state index contributed by atoms with van der Waals surface area (Å²) in [6.07, 6.45) is 2.94. The number of anilines is 12. The molecule has 16 aromatic carbocycles. The van der Waals surface area contributed by atoms with Gasteiger partial charge in [0.1, 0.15) is 23.0 Å². The Labute approximate surface area is 656 Å². The minimum Gasteiger partial charge on any atom is -0.508 e. The highest BCUT2D eigenvalue weighted by Gasteiger charge is 2.46. The molecule has 0 aliphatic heterocycles. The molecule has 0 fully saturated rings. The van der Waals surface area contributed by atoms with E-state index in [1.165, 1.54) is 55.6 Å². The molecule has 18 rings (SSSR count). The Morgan fingerprint density at radius 1 is 0.205 bits per heavy atom. The molecule has 2 aliphatic rings. The fourth-order valence-electron chi connectivity index (χ4n) is 16.9. The molecular weight excluding hydrogens is 1370 g/mol. The van der Waals surface area contributed by atoms with Crippen LogP contribution in [0.25, 0.3) is 22.3 Å². The molecule has 2 N–H and O–H groups in total. The third-order valence-corrected chi connectivity index (χ3v) is 22.0. The summed E-state index contributed by atoms with van der Waals surface area (Å²) in [6, 6.07) is 145. The van der Waals surface area contributed by atoms with E-state index < -0.39 is 10.8 Å². The largest absolute Gasteiger partial charge is 0.508 e. The lowest BCUT2D eigenvalue weighted by Gasteiger charge is -2.35. The third kappa shape index (κ3) is 14.3. The number of methoxy groups -OCH3 is 2. The van der Waals surface area contributed by atoms with E-state index in [4.69, 9.17) is 9.47 Å². The Morgan fingerprint density at radius 3 is 0.562 bits per heavy atom. The second kappa shape index (κ2) is 31.6. The summed E-state index contributed by atoms with van der Waals surface area (Å²) in [4.78, 5) is 9.39. The van der Waals surface area contributed by atoms with Gasteiger partial charge in [0, 0.05) is 79.1 Å². The van der Waals surface area contributed by atoms with Crippen molar-refractivity contribution in [3.05, 3.63) is 457 Å². The predicted molar refractivity (Wildman–Crippen MR) is 461 cm³/mol. The number of fused-ring (bicyclic) bond motifs is 6. The zero-order valence-electron chi connectivity index (χ0n) is 62.6.